The first-order valence-corrected chi connectivity index (χ1v) is 10.3. The van der Waals surface area contributed by atoms with Gasteiger partial charge in [0.2, 0.25) is 0 Å². The molecule has 0 aliphatic carbocycles. The molecule has 0 bridgehead atoms. The van der Waals surface area contributed by atoms with Gasteiger partial charge in [0.1, 0.15) is 17.5 Å². The number of hydrogen-bond acceptors (Lipinski definition) is 3. The molecule has 0 amide bonds. The summed E-state index contributed by atoms with van der Waals surface area (Å²) >= 11 is 5.83. The van der Waals surface area contributed by atoms with Crippen molar-refractivity contribution in [2.75, 3.05) is 13.1 Å². The number of aryl methyl sites for hydroxylation is 2. The van der Waals surface area contributed by atoms with E-state index in [1.54, 1.807) is 6.20 Å². The fraction of sp³-hybridized carbons (Fsp3) is 0.318. The molecular weight excluding hydrogens is 384 g/mol. The molecule has 0 saturated heterocycles. The van der Waals surface area contributed by atoms with Crippen LogP contribution in [-0.4, -0.2) is 33.6 Å². The minimum atomic E-state index is 0.513. The Morgan fingerprint density at radius 3 is 2.66 bits per heavy atom. The second kappa shape index (κ2) is 11.2. The Morgan fingerprint density at radius 1 is 1.03 bits per heavy atom. The molecule has 7 heteroatoms. The van der Waals surface area contributed by atoms with Gasteiger partial charge in [0.25, 0.3) is 0 Å². The number of benzene rings is 1. The number of guanidine groups is 1. The molecule has 0 unspecified atom stereocenters. The van der Waals surface area contributed by atoms with Crippen molar-refractivity contribution in [2.24, 2.45) is 4.99 Å². The molecule has 0 aliphatic rings. The predicted octanol–water partition coefficient (Wildman–Crippen LogP) is 3.47. The van der Waals surface area contributed by atoms with Crippen molar-refractivity contribution in [1.82, 2.24) is 25.2 Å². The Hall–Kier alpha value is -2.86. The van der Waals surface area contributed by atoms with E-state index in [4.69, 9.17) is 16.6 Å². The molecule has 0 radical (unpaired) electrons. The van der Waals surface area contributed by atoms with Gasteiger partial charge in [-0.1, -0.05) is 48.0 Å². The van der Waals surface area contributed by atoms with Crippen LogP contribution in [0.2, 0.25) is 5.15 Å². The molecule has 2 N–H and O–H groups in total. The summed E-state index contributed by atoms with van der Waals surface area (Å²) < 4.78 is 2.17. The van der Waals surface area contributed by atoms with E-state index in [1.165, 1.54) is 5.56 Å². The fourth-order valence-corrected chi connectivity index (χ4v) is 3.07. The quantitative estimate of drug-likeness (QED) is 0.322. The number of imidazole rings is 1. The summed E-state index contributed by atoms with van der Waals surface area (Å²) in [4.78, 5) is 13.3. The zero-order chi connectivity index (χ0) is 20.3. The van der Waals surface area contributed by atoms with E-state index < -0.39 is 0 Å². The number of hydrogen-bond donors (Lipinski definition) is 2. The predicted molar refractivity (Wildman–Crippen MR) is 118 cm³/mol. The highest BCUT2D eigenvalue weighted by Gasteiger charge is 2.04. The summed E-state index contributed by atoms with van der Waals surface area (Å²) in [5, 5.41) is 7.16. The first-order chi connectivity index (χ1) is 14.2. The molecule has 3 aromatic rings. The van der Waals surface area contributed by atoms with E-state index in [0.29, 0.717) is 11.7 Å². The summed E-state index contributed by atoms with van der Waals surface area (Å²) in [6.45, 7) is 5.04. The van der Waals surface area contributed by atoms with Gasteiger partial charge in [-0.2, -0.15) is 0 Å². The Morgan fingerprint density at radius 2 is 1.90 bits per heavy atom. The Bertz CT molecular complexity index is 889. The molecule has 3 rings (SSSR count). The molecule has 0 saturated carbocycles. The van der Waals surface area contributed by atoms with E-state index in [9.17, 15) is 0 Å². The number of aliphatic imine (C=N–C) groups is 1. The lowest BCUT2D eigenvalue weighted by molar-refractivity contribution is 0.650. The van der Waals surface area contributed by atoms with Crippen LogP contribution in [0.1, 0.15) is 23.9 Å². The molecule has 1 aromatic carbocycles. The van der Waals surface area contributed by atoms with Gasteiger partial charge in [-0.05, 0) is 37.0 Å². The van der Waals surface area contributed by atoms with Crippen molar-refractivity contribution in [3.63, 3.8) is 0 Å². The van der Waals surface area contributed by atoms with Gasteiger partial charge in [0, 0.05) is 38.2 Å². The van der Waals surface area contributed by atoms with Crippen molar-refractivity contribution in [2.45, 2.75) is 32.9 Å². The van der Waals surface area contributed by atoms with Gasteiger partial charge in [-0.15, -0.1) is 0 Å². The van der Waals surface area contributed by atoms with Crippen LogP contribution in [0.4, 0.5) is 0 Å². The summed E-state index contributed by atoms with van der Waals surface area (Å²) in [6, 6.07) is 14.3. The normalized spacial score (nSPS) is 11.4. The van der Waals surface area contributed by atoms with Crippen LogP contribution >= 0.6 is 11.6 Å². The molecule has 0 spiro atoms. The van der Waals surface area contributed by atoms with Gasteiger partial charge < -0.3 is 15.2 Å². The maximum atomic E-state index is 5.83. The molecule has 2 aromatic heterocycles. The van der Waals surface area contributed by atoms with Crippen LogP contribution < -0.4 is 10.6 Å². The van der Waals surface area contributed by atoms with Crippen molar-refractivity contribution < 1.29 is 0 Å². The van der Waals surface area contributed by atoms with Gasteiger partial charge >= 0.3 is 0 Å². The van der Waals surface area contributed by atoms with Crippen LogP contribution in [0, 0.1) is 0 Å². The maximum Gasteiger partial charge on any atom is 0.191 e. The largest absolute Gasteiger partial charge is 0.357 e. The lowest BCUT2D eigenvalue weighted by Gasteiger charge is -2.12. The van der Waals surface area contributed by atoms with Gasteiger partial charge in [-0.25, -0.2) is 15.0 Å². The number of nitrogens with one attached hydrogen (secondary N) is 2. The lowest BCUT2D eigenvalue weighted by Crippen LogP contribution is -2.38. The highest BCUT2D eigenvalue weighted by atomic mass is 35.5. The molecule has 6 nitrogen and oxygen atoms in total. The van der Waals surface area contributed by atoms with E-state index in [2.05, 4.69) is 56.4 Å². The van der Waals surface area contributed by atoms with Crippen LogP contribution in [-0.2, 0) is 25.9 Å². The maximum absolute atomic E-state index is 5.83. The number of nitrogens with zero attached hydrogens (tertiary/aromatic N) is 4. The van der Waals surface area contributed by atoms with Crippen LogP contribution in [0.5, 0.6) is 0 Å². The van der Waals surface area contributed by atoms with E-state index in [1.807, 2.05) is 30.6 Å². The van der Waals surface area contributed by atoms with Gasteiger partial charge in [0.05, 0.1) is 0 Å². The van der Waals surface area contributed by atoms with E-state index in [0.717, 1.165) is 49.8 Å². The van der Waals surface area contributed by atoms with Crippen LogP contribution in [0.3, 0.4) is 0 Å². The second-order valence-corrected chi connectivity index (χ2v) is 7.02. The third kappa shape index (κ3) is 6.91. The summed E-state index contributed by atoms with van der Waals surface area (Å²) in [7, 11) is 0. The minimum absolute atomic E-state index is 0.513. The van der Waals surface area contributed by atoms with E-state index >= 15 is 0 Å². The monoisotopic (exact) mass is 410 g/mol. The standard InChI is InChI=1S/C22H27ClN6/c1-2-24-22(26-12-10-19-8-9-20(23)27-16-19)28-17-21-25-13-15-29(21)14-11-18-6-4-3-5-7-18/h3-9,13,15-16H,2,10-12,14,17H2,1H3,(H2,24,26,28). The zero-order valence-electron chi connectivity index (χ0n) is 16.7. The Labute approximate surface area is 177 Å². The van der Waals surface area contributed by atoms with Crippen LogP contribution in [0.15, 0.2) is 66.0 Å². The van der Waals surface area contributed by atoms with Crippen molar-refractivity contribution in [3.8, 4) is 0 Å². The second-order valence-electron chi connectivity index (χ2n) is 6.63. The molecular formula is C22H27ClN6. The molecule has 152 valence electrons. The summed E-state index contributed by atoms with van der Waals surface area (Å²) in [5.74, 6) is 1.74. The first-order valence-electron chi connectivity index (χ1n) is 9.91. The summed E-state index contributed by atoms with van der Waals surface area (Å²) in [6.07, 6.45) is 7.48. The average molecular weight is 411 g/mol. The number of aromatic nitrogens is 3. The average Bonchev–Trinajstić information content (AvgIpc) is 3.20. The topological polar surface area (TPSA) is 67.1 Å². The molecule has 29 heavy (non-hydrogen) atoms. The summed E-state index contributed by atoms with van der Waals surface area (Å²) in [5.41, 5.74) is 2.46. The molecule has 0 fully saturated rings. The van der Waals surface area contributed by atoms with Crippen molar-refractivity contribution in [3.05, 3.63) is 83.2 Å². The number of halogens is 1. The SMILES string of the molecule is CCNC(=NCc1nccn1CCc1ccccc1)NCCc1ccc(Cl)nc1. The lowest BCUT2D eigenvalue weighted by atomic mass is 10.1. The number of pyridine rings is 1. The minimum Gasteiger partial charge on any atom is -0.357 e. The van der Waals surface area contributed by atoms with Gasteiger partial charge in [-0.3, -0.25) is 0 Å². The Kier molecular flexibility index (Phi) is 8.07. The smallest absolute Gasteiger partial charge is 0.191 e. The fourth-order valence-electron chi connectivity index (χ4n) is 2.96. The van der Waals surface area contributed by atoms with Crippen molar-refractivity contribution in [1.29, 1.82) is 0 Å². The first kappa shape index (κ1) is 20.9. The molecule has 0 aliphatic heterocycles. The van der Waals surface area contributed by atoms with Gasteiger partial charge in [0.15, 0.2) is 5.96 Å². The van der Waals surface area contributed by atoms with Crippen LogP contribution in [0.25, 0.3) is 0 Å². The molecule has 0 atom stereocenters. The zero-order valence-corrected chi connectivity index (χ0v) is 17.4. The van der Waals surface area contributed by atoms with Crippen molar-refractivity contribution >= 4 is 17.6 Å². The highest BCUT2D eigenvalue weighted by Crippen LogP contribution is 2.06. The number of rotatable bonds is 9. The molecule has 2 heterocycles. The Balaban J connectivity index is 1.53. The highest BCUT2D eigenvalue weighted by molar-refractivity contribution is 6.29. The van der Waals surface area contributed by atoms with E-state index in [-0.39, 0.29) is 0 Å². The third-order valence-electron chi connectivity index (χ3n) is 4.50. The third-order valence-corrected chi connectivity index (χ3v) is 4.73.